The van der Waals surface area contributed by atoms with E-state index in [0.29, 0.717) is 21.8 Å². The second-order valence-corrected chi connectivity index (χ2v) is 6.57. The number of hydrogen-bond donors (Lipinski definition) is 2. The van der Waals surface area contributed by atoms with Crippen molar-refractivity contribution in [1.82, 2.24) is 5.32 Å². The van der Waals surface area contributed by atoms with Crippen LogP contribution >= 0.6 is 23.8 Å². The summed E-state index contributed by atoms with van der Waals surface area (Å²) >= 11 is 11.3. The molecular formula is C19H15ClN2O4S. The molecule has 0 radical (unpaired) electrons. The molecular weight excluding hydrogens is 388 g/mol. The molecule has 6 nitrogen and oxygen atoms in total. The van der Waals surface area contributed by atoms with E-state index in [9.17, 15) is 14.7 Å². The largest absolute Gasteiger partial charge is 0.504 e. The van der Waals surface area contributed by atoms with Gasteiger partial charge in [-0.05, 0) is 60.6 Å². The van der Waals surface area contributed by atoms with Crippen molar-refractivity contribution in [3.8, 4) is 11.5 Å². The first-order valence-corrected chi connectivity index (χ1v) is 8.65. The molecule has 0 aromatic heterocycles. The molecule has 1 aliphatic heterocycles. The Morgan fingerprint density at radius 2 is 2.00 bits per heavy atom. The van der Waals surface area contributed by atoms with Gasteiger partial charge in [-0.25, -0.2) is 0 Å². The Hall–Kier alpha value is -2.90. The highest BCUT2D eigenvalue weighted by Crippen LogP contribution is 2.31. The molecule has 0 saturated carbocycles. The van der Waals surface area contributed by atoms with E-state index in [1.54, 1.807) is 31.2 Å². The number of phenolic OH excluding ortho intramolecular Hbond substituents is 1. The van der Waals surface area contributed by atoms with Gasteiger partial charge >= 0.3 is 0 Å². The lowest BCUT2D eigenvalue weighted by Gasteiger charge is -2.30. The number of hydrogen-bond acceptors (Lipinski definition) is 5. The molecule has 27 heavy (non-hydrogen) atoms. The quantitative estimate of drug-likeness (QED) is 0.468. The lowest BCUT2D eigenvalue weighted by molar-refractivity contribution is -0.122. The predicted molar refractivity (Wildman–Crippen MR) is 107 cm³/mol. The minimum absolute atomic E-state index is 0.0231. The number of thiocarbonyl (C=S) groups is 1. The fraction of sp³-hybridized carbons (Fsp3) is 0.105. The smallest absolute Gasteiger partial charge is 0.270 e. The molecule has 0 aliphatic carbocycles. The molecule has 8 heteroatoms. The number of carbonyl (C=O) groups is 2. The number of phenols is 1. The molecule has 0 spiro atoms. The lowest BCUT2D eigenvalue weighted by atomic mass is 10.1. The molecule has 0 unspecified atom stereocenters. The van der Waals surface area contributed by atoms with E-state index in [-0.39, 0.29) is 22.2 Å². The van der Waals surface area contributed by atoms with E-state index >= 15 is 0 Å². The first-order chi connectivity index (χ1) is 12.8. The van der Waals surface area contributed by atoms with Crippen molar-refractivity contribution in [3.05, 3.63) is 58.1 Å². The summed E-state index contributed by atoms with van der Waals surface area (Å²) in [6.45, 7) is 1.76. The van der Waals surface area contributed by atoms with E-state index < -0.39 is 11.8 Å². The summed E-state index contributed by atoms with van der Waals surface area (Å²) in [5.74, 6) is -1.01. The number of benzene rings is 2. The van der Waals surface area contributed by atoms with Crippen molar-refractivity contribution < 1.29 is 19.4 Å². The first-order valence-electron chi connectivity index (χ1n) is 7.87. The normalized spacial score (nSPS) is 15.9. The minimum Gasteiger partial charge on any atom is -0.504 e. The summed E-state index contributed by atoms with van der Waals surface area (Å²) in [6.07, 6.45) is 1.38. The van der Waals surface area contributed by atoms with Gasteiger partial charge in [0.05, 0.1) is 12.8 Å². The highest BCUT2D eigenvalue weighted by molar-refractivity contribution is 7.80. The molecule has 1 fully saturated rings. The van der Waals surface area contributed by atoms with Crippen LogP contribution in [0.5, 0.6) is 11.5 Å². The minimum atomic E-state index is -0.615. The van der Waals surface area contributed by atoms with Crippen LogP contribution in [0.3, 0.4) is 0 Å². The average Bonchev–Trinajstić information content (AvgIpc) is 2.62. The van der Waals surface area contributed by atoms with E-state index in [4.69, 9.17) is 28.6 Å². The predicted octanol–water partition coefficient (Wildman–Crippen LogP) is 3.19. The summed E-state index contributed by atoms with van der Waals surface area (Å²) < 4.78 is 4.99. The number of carbonyl (C=O) groups excluding carboxylic acids is 2. The van der Waals surface area contributed by atoms with Gasteiger partial charge in [0.1, 0.15) is 5.57 Å². The van der Waals surface area contributed by atoms with Crippen LogP contribution in [-0.2, 0) is 9.59 Å². The third-order valence-corrected chi connectivity index (χ3v) is 4.79. The SMILES string of the molecule is COc1ccc(C=C2C(=O)NC(=S)N(c3cccc(Cl)c3C)C2=O)cc1O. The fourth-order valence-electron chi connectivity index (χ4n) is 2.68. The first kappa shape index (κ1) is 18.9. The van der Waals surface area contributed by atoms with Crippen LogP contribution in [0.4, 0.5) is 5.69 Å². The Labute approximate surface area is 166 Å². The molecule has 138 valence electrons. The van der Waals surface area contributed by atoms with Crippen LogP contribution < -0.4 is 15.0 Å². The van der Waals surface area contributed by atoms with Gasteiger partial charge < -0.3 is 9.84 Å². The van der Waals surface area contributed by atoms with Crippen molar-refractivity contribution >= 4 is 52.5 Å². The van der Waals surface area contributed by atoms with Crippen molar-refractivity contribution in [2.75, 3.05) is 12.0 Å². The molecule has 1 heterocycles. The van der Waals surface area contributed by atoms with Crippen LogP contribution in [0.1, 0.15) is 11.1 Å². The number of halogens is 1. The van der Waals surface area contributed by atoms with E-state index in [0.717, 1.165) is 0 Å². The fourth-order valence-corrected chi connectivity index (χ4v) is 3.12. The van der Waals surface area contributed by atoms with Crippen molar-refractivity contribution in [2.45, 2.75) is 6.92 Å². The maximum atomic E-state index is 13.0. The van der Waals surface area contributed by atoms with Gasteiger partial charge in [-0.3, -0.25) is 19.8 Å². The Morgan fingerprint density at radius 3 is 2.67 bits per heavy atom. The molecule has 2 N–H and O–H groups in total. The van der Waals surface area contributed by atoms with Gasteiger partial charge in [0.25, 0.3) is 11.8 Å². The van der Waals surface area contributed by atoms with Gasteiger partial charge in [0, 0.05) is 5.02 Å². The number of ether oxygens (including phenoxy) is 1. The van der Waals surface area contributed by atoms with Crippen LogP contribution in [0.15, 0.2) is 42.0 Å². The van der Waals surface area contributed by atoms with Crippen LogP contribution in [-0.4, -0.2) is 29.1 Å². The summed E-state index contributed by atoms with van der Waals surface area (Å²) in [6, 6.07) is 9.65. The zero-order chi connectivity index (χ0) is 19.7. The zero-order valence-electron chi connectivity index (χ0n) is 14.4. The molecule has 0 bridgehead atoms. The maximum absolute atomic E-state index is 13.0. The van der Waals surface area contributed by atoms with Crippen molar-refractivity contribution in [2.24, 2.45) is 0 Å². The molecule has 2 aromatic rings. The van der Waals surface area contributed by atoms with Crippen molar-refractivity contribution in [1.29, 1.82) is 0 Å². The van der Waals surface area contributed by atoms with Crippen LogP contribution in [0, 0.1) is 6.92 Å². The van der Waals surface area contributed by atoms with Gasteiger partial charge in [0.15, 0.2) is 16.6 Å². The van der Waals surface area contributed by atoms with Gasteiger partial charge in [-0.2, -0.15) is 0 Å². The van der Waals surface area contributed by atoms with E-state index in [1.807, 2.05) is 0 Å². The number of methoxy groups -OCH3 is 1. The molecule has 3 rings (SSSR count). The number of rotatable bonds is 3. The van der Waals surface area contributed by atoms with Crippen LogP contribution in [0.25, 0.3) is 6.08 Å². The third-order valence-electron chi connectivity index (χ3n) is 4.10. The Bertz CT molecular complexity index is 1000. The monoisotopic (exact) mass is 402 g/mol. The topological polar surface area (TPSA) is 78.9 Å². The molecule has 1 aliphatic rings. The Morgan fingerprint density at radius 1 is 1.26 bits per heavy atom. The highest BCUT2D eigenvalue weighted by Gasteiger charge is 2.35. The second-order valence-electron chi connectivity index (χ2n) is 5.77. The zero-order valence-corrected chi connectivity index (χ0v) is 16.0. The number of anilines is 1. The summed E-state index contributed by atoms with van der Waals surface area (Å²) in [7, 11) is 1.43. The molecule has 0 atom stereocenters. The summed E-state index contributed by atoms with van der Waals surface area (Å²) in [5.41, 5.74) is 1.49. The van der Waals surface area contributed by atoms with Gasteiger partial charge in [-0.15, -0.1) is 0 Å². The number of nitrogens with zero attached hydrogens (tertiary/aromatic N) is 1. The van der Waals surface area contributed by atoms with Crippen LogP contribution in [0.2, 0.25) is 5.02 Å². The molecule has 2 amide bonds. The summed E-state index contributed by atoms with van der Waals surface area (Å²) in [5, 5.41) is 12.9. The third kappa shape index (κ3) is 3.51. The number of nitrogens with one attached hydrogen (secondary N) is 1. The number of amides is 2. The second kappa shape index (κ2) is 7.38. The lowest BCUT2D eigenvalue weighted by Crippen LogP contribution is -2.54. The number of aromatic hydroxyl groups is 1. The van der Waals surface area contributed by atoms with Gasteiger partial charge in [0.2, 0.25) is 0 Å². The summed E-state index contributed by atoms with van der Waals surface area (Å²) in [4.78, 5) is 26.6. The Kier molecular flexibility index (Phi) is 5.16. The van der Waals surface area contributed by atoms with E-state index in [1.165, 1.54) is 30.2 Å². The van der Waals surface area contributed by atoms with Crippen molar-refractivity contribution in [3.63, 3.8) is 0 Å². The van der Waals surface area contributed by atoms with Gasteiger partial charge in [-0.1, -0.05) is 23.7 Å². The maximum Gasteiger partial charge on any atom is 0.270 e. The Balaban J connectivity index is 2.05. The molecule has 2 aromatic carbocycles. The average molecular weight is 403 g/mol. The van der Waals surface area contributed by atoms with E-state index in [2.05, 4.69) is 5.32 Å². The molecule has 1 saturated heterocycles. The highest BCUT2D eigenvalue weighted by atomic mass is 35.5. The standard InChI is InChI=1S/C19H15ClN2O4S/c1-10-13(20)4-3-5-14(10)22-18(25)12(17(24)21-19(22)27)8-11-6-7-16(26-2)15(23)9-11/h3-9,23H,1-2H3,(H,21,24,27).